The fourth-order valence-electron chi connectivity index (χ4n) is 3.66. The largest absolute Gasteiger partial charge is 0.351 e. The van der Waals surface area contributed by atoms with Gasteiger partial charge in [-0.2, -0.15) is 0 Å². The molecule has 5 rings (SSSR count). The highest BCUT2D eigenvalue weighted by Gasteiger charge is 2.21. The Morgan fingerprint density at radius 1 is 1.07 bits per heavy atom. The number of hydrogen-bond donors (Lipinski definition) is 1. The van der Waals surface area contributed by atoms with Crippen LogP contribution in [0, 0.1) is 0 Å². The first-order valence-corrected chi connectivity index (χ1v) is 9.97. The van der Waals surface area contributed by atoms with Crippen LogP contribution in [0.25, 0.3) is 21.9 Å². The van der Waals surface area contributed by atoms with Crippen LogP contribution in [0.4, 0.5) is 0 Å². The van der Waals surface area contributed by atoms with E-state index >= 15 is 0 Å². The smallest absolute Gasteiger partial charge is 0.233 e. The molecule has 0 radical (unpaired) electrons. The number of rotatable bonds is 3. The van der Waals surface area contributed by atoms with E-state index in [1.165, 1.54) is 22.9 Å². The molecule has 134 valence electrons. The maximum Gasteiger partial charge on any atom is 0.233 e. The molecule has 5 nitrogen and oxygen atoms in total. The molecule has 1 N–H and O–H groups in total. The van der Waals surface area contributed by atoms with Crippen molar-refractivity contribution < 1.29 is 4.79 Å². The summed E-state index contributed by atoms with van der Waals surface area (Å²) in [6.07, 6.45) is 2.50. The predicted octanol–water partition coefficient (Wildman–Crippen LogP) is 3.79. The molecule has 0 unspecified atom stereocenters. The van der Waals surface area contributed by atoms with Crippen LogP contribution < -0.4 is 0 Å². The van der Waals surface area contributed by atoms with Gasteiger partial charge < -0.3 is 9.88 Å². The standard InChI is InChI=1S/C21H18N4OS/c26-18(25-10-9-14-5-1-2-6-15(14)11-25)12-27-21-20-19(22-13-23-21)16-7-3-4-8-17(16)24-20/h1-8,13,24H,9-12H2. The monoisotopic (exact) mass is 374 g/mol. The number of aromatic amines is 1. The highest BCUT2D eigenvalue weighted by molar-refractivity contribution is 8.00. The zero-order valence-corrected chi connectivity index (χ0v) is 15.5. The number of aromatic nitrogens is 3. The van der Waals surface area contributed by atoms with E-state index in [1.54, 1.807) is 6.33 Å². The Morgan fingerprint density at radius 3 is 2.81 bits per heavy atom. The summed E-state index contributed by atoms with van der Waals surface area (Å²) in [6, 6.07) is 16.4. The number of benzene rings is 2. The number of para-hydroxylation sites is 1. The van der Waals surface area contributed by atoms with Gasteiger partial charge in [0.1, 0.15) is 16.9 Å². The van der Waals surface area contributed by atoms with E-state index in [9.17, 15) is 4.79 Å². The minimum absolute atomic E-state index is 0.150. The fraction of sp³-hybridized carbons (Fsp3) is 0.190. The van der Waals surface area contributed by atoms with Crippen LogP contribution in [0.2, 0.25) is 0 Å². The second kappa shape index (κ2) is 6.70. The molecule has 2 aromatic carbocycles. The first-order chi connectivity index (χ1) is 13.3. The molecule has 1 aliphatic heterocycles. The summed E-state index contributed by atoms with van der Waals surface area (Å²) in [5.74, 6) is 0.529. The van der Waals surface area contributed by atoms with Crippen LogP contribution in [-0.2, 0) is 17.8 Å². The lowest BCUT2D eigenvalue weighted by Crippen LogP contribution is -2.37. The molecule has 1 amide bonds. The Morgan fingerprint density at radius 2 is 1.89 bits per heavy atom. The van der Waals surface area contributed by atoms with Crippen molar-refractivity contribution in [1.29, 1.82) is 0 Å². The molecular weight excluding hydrogens is 356 g/mol. The Bertz CT molecular complexity index is 1150. The average Bonchev–Trinajstić information content (AvgIpc) is 3.11. The number of H-pyrrole nitrogens is 1. The van der Waals surface area contributed by atoms with Gasteiger partial charge in [-0.3, -0.25) is 4.79 Å². The second-order valence-electron chi connectivity index (χ2n) is 6.70. The lowest BCUT2D eigenvalue weighted by atomic mass is 10.00. The molecule has 0 saturated heterocycles. The summed E-state index contributed by atoms with van der Waals surface area (Å²) in [4.78, 5) is 26.9. The molecule has 3 heterocycles. The molecule has 0 saturated carbocycles. The molecule has 1 aliphatic rings. The predicted molar refractivity (Wildman–Crippen MR) is 108 cm³/mol. The van der Waals surface area contributed by atoms with Crippen molar-refractivity contribution in [2.24, 2.45) is 0 Å². The first-order valence-electron chi connectivity index (χ1n) is 8.98. The summed E-state index contributed by atoms with van der Waals surface area (Å²) >= 11 is 1.47. The van der Waals surface area contributed by atoms with Gasteiger partial charge >= 0.3 is 0 Å². The molecular formula is C21H18N4OS. The Balaban J connectivity index is 1.35. The van der Waals surface area contributed by atoms with Crippen LogP contribution in [-0.4, -0.2) is 38.1 Å². The molecule has 0 spiro atoms. The molecule has 0 bridgehead atoms. The molecule has 27 heavy (non-hydrogen) atoms. The Kier molecular flexibility index (Phi) is 4.05. The quantitative estimate of drug-likeness (QED) is 0.438. The van der Waals surface area contributed by atoms with Crippen LogP contribution in [0.1, 0.15) is 11.1 Å². The third-order valence-corrected chi connectivity index (χ3v) is 6.04. The summed E-state index contributed by atoms with van der Waals surface area (Å²) in [5.41, 5.74) is 5.45. The maximum atomic E-state index is 12.7. The molecule has 4 aromatic rings. The summed E-state index contributed by atoms with van der Waals surface area (Å²) in [6.45, 7) is 1.48. The second-order valence-corrected chi connectivity index (χ2v) is 7.66. The molecule has 6 heteroatoms. The molecule has 2 aromatic heterocycles. The van der Waals surface area contributed by atoms with Gasteiger partial charge in [0, 0.05) is 24.0 Å². The van der Waals surface area contributed by atoms with Crippen molar-refractivity contribution in [3.63, 3.8) is 0 Å². The van der Waals surface area contributed by atoms with E-state index in [-0.39, 0.29) is 5.91 Å². The van der Waals surface area contributed by atoms with Crippen molar-refractivity contribution >= 4 is 39.6 Å². The Labute approximate surface area is 160 Å². The van der Waals surface area contributed by atoms with E-state index in [4.69, 9.17) is 0 Å². The van der Waals surface area contributed by atoms with Crippen molar-refractivity contribution in [3.8, 4) is 0 Å². The van der Waals surface area contributed by atoms with Gasteiger partial charge in [-0.15, -0.1) is 0 Å². The zero-order chi connectivity index (χ0) is 18.2. The lowest BCUT2D eigenvalue weighted by molar-refractivity contribution is -0.129. The van der Waals surface area contributed by atoms with Gasteiger partial charge in [-0.1, -0.05) is 54.2 Å². The first kappa shape index (κ1) is 16.3. The highest BCUT2D eigenvalue weighted by atomic mass is 32.2. The van der Waals surface area contributed by atoms with Gasteiger partial charge in [0.15, 0.2) is 0 Å². The highest BCUT2D eigenvalue weighted by Crippen LogP contribution is 2.30. The van der Waals surface area contributed by atoms with Gasteiger partial charge in [0.2, 0.25) is 5.91 Å². The summed E-state index contributed by atoms with van der Waals surface area (Å²) in [7, 11) is 0. The van der Waals surface area contributed by atoms with E-state index in [0.717, 1.165) is 39.9 Å². The normalized spacial score (nSPS) is 13.9. The van der Waals surface area contributed by atoms with E-state index in [1.807, 2.05) is 35.2 Å². The van der Waals surface area contributed by atoms with Gasteiger partial charge in [0.25, 0.3) is 0 Å². The summed E-state index contributed by atoms with van der Waals surface area (Å²) in [5, 5.41) is 1.90. The number of carbonyl (C=O) groups excluding carboxylic acids is 1. The van der Waals surface area contributed by atoms with Gasteiger partial charge in [-0.25, -0.2) is 9.97 Å². The lowest BCUT2D eigenvalue weighted by Gasteiger charge is -2.28. The van der Waals surface area contributed by atoms with Crippen molar-refractivity contribution in [3.05, 3.63) is 66.0 Å². The third-order valence-electron chi connectivity index (χ3n) is 5.07. The topological polar surface area (TPSA) is 61.9 Å². The van der Waals surface area contributed by atoms with Crippen molar-refractivity contribution in [1.82, 2.24) is 19.9 Å². The van der Waals surface area contributed by atoms with Crippen LogP contribution >= 0.6 is 11.8 Å². The van der Waals surface area contributed by atoms with E-state index < -0.39 is 0 Å². The molecule has 0 atom stereocenters. The number of nitrogens with zero attached hydrogens (tertiary/aromatic N) is 3. The number of thioether (sulfide) groups is 1. The Hall–Kier alpha value is -2.86. The number of nitrogens with one attached hydrogen (secondary N) is 1. The maximum absolute atomic E-state index is 12.7. The third kappa shape index (κ3) is 2.96. The van der Waals surface area contributed by atoms with E-state index in [0.29, 0.717) is 12.3 Å². The van der Waals surface area contributed by atoms with Gasteiger partial charge in [0.05, 0.1) is 11.3 Å². The minimum atomic E-state index is 0.150. The zero-order valence-electron chi connectivity index (χ0n) is 14.7. The van der Waals surface area contributed by atoms with Crippen LogP contribution in [0.3, 0.4) is 0 Å². The molecule has 0 fully saturated rings. The number of hydrogen-bond acceptors (Lipinski definition) is 4. The van der Waals surface area contributed by atoms with Crippen molar-refractivity contribution in [2.75, 3.05) is 12.3 Å². The van der Waals surface area contributed by atoms with Gasteiger partial charge in [-0.05, 0) is 23.6 Å². The average molecular weight is 374 g/mol. The number of fused-ring (bicyclic) bond motifs is 4. The van der Waals surface area contributed by atoms with Crippen molar-refractivity contribution in [2.45, 2.75) is 18.0 Å². The summed E-state index contributed by atoms with van der Waals surface area (Å²) < 4.78 is 0. The van der Waals surface area contributed by atoms with E-state index in [2.05, 4.69) is 33.2 Å². The fourth-order valence-corrected chi connectivity index (χ4v) is 4.52. The van der Waals surface area contributed by atoms with Crippen LogP contribution in [0.5, 0.6) is 0 Å². The van der Waals surface area contributed by atoms with Crippen LogP contribution in [0.15, 0.2) is 59.9 Å². The molecule has 0 aliphatic carbocycles. The number of carbonyl (C=O) groups is 1. The number of amides is 1. The SMILES string of the molecule is O=C(CSc1ncnc2c1[nH]c1ccccc12)N1CCc2ccccc2C1. The minimum Gasteiger partial charge on any atom is -0.351 e.